The Hall–Kier alpha value is -2.54. The van der Waals surface area contributed by atoms with Crippen molar-refractivity contribution in [3.63, 3.8) is 0 Å². The van der Waals surface area contributed by atoms with Gasteiger partial charge in [-0.3, -0.25) is 4.98 Å². The maximum Gasteiger partial charge on any atom is 0.182 e. The van der Waals surface area contributed by atoms with Gasteiger partial charge in [-0.1, -0.05) is 6.07 Å². The number of aliphatic hydroxyl groups is 1. The molecule has 1 aliphatic heterocycles. The normalized spacial score (nSPS) is 21.6. The number of aromatic nitrogens is 5. The topological polar surface area (TPSA) is 90.8 Å². The minimum atomic E-state index is -0.394. The lowest BCUT2D eigenvalue weighted by Gasteiger charge is -2.17. The van der Waals surface area contributed by atoms with Gasteiger partial charge in [0, 0.05) is 30.9 Å². The van der Waals surface area contributed by atoms with E-state index in [9.17, 15) is 5.11 Å². The summed E-state index contributed by atoms with van der Waals surface area (Å²) in [7, 11) is 0. The molecule has 0 spiro atoms. The number of hydrogen-bond donors (Lipinski definition) is 2. The lowest BCUT2D eigenvalue weighted by molar-refractivity contribution is 0.148. The second-order valence-electron chi connectivity index (χ2n) is 5.56. The first-order chi connectivity index (χ1) is 10.8. The fourth-order valence-electron chi connectivity index (χ4n) is 3.01. The van der Waals surface area contributed by atoms with E-state index in [1.165, 1.54) is 6.33 Å². The Morgan fingerprint density at radius 2 is 2.14 bits per heavy atom. The van der Waals surface area contributed by atoms with E-state index in [0.717, 1.165) is 30.0 Å². The zero-order chi connectivity index (χ0) is 14.9. The van der Waals surface area contributed by atoms with Gasteiger partial charge in [-0.25, -0.2) is 15.0 Å². The van der Waals surface area contributed by atoms with Gasteiger partial charge in [0.1, 0.15) is 11.8 Å². The highest BCUT2D eigenvalue weighted by Crippen LogP contribution is 2.28. The molecular weight excluding hydrogens is 280 g/mol. The summed E-state index contributed by atoms with van der Waals surface area (Å²) in [5.74, 6) is 0.938. The molecule has 2 N–H and O–H groups in total. The summed E-state index contributed by atoms with van der Waals surface area (Å²) in [6.45, 7) is 1.30. The fraction of sp³-hybridized carbons (Fsp3) is 0.333. The van der Waals surface area contributed by atoms with Crippen LogP contribution in [-0.4, -0.2) is 49.2 Å². The number of aromatic amines is 1. The van der Waals surface area contributed by atoms with E-state index in [0.29, 0.717) is 12.2 Å². The highest BCUT2D eigenvalue weighted by molar-refractivity contribution is 5.82. The summed E-state index contributed by atoms with van der Waals surface area (Å²) in [4.78, 5) is 22.1. The van der Waals surface area contributed by atoms with Gasteiger partial charge in [0.2, 0.25) is 0 Å². The summed E-state index contributed by atoms with van der Waals surface area (Å²) in [5.41, 5.74) is 2.46. The summed E-state index contributed by atoms with van der Waals surface area (Å²) >= 11 is 0. The van der Waals surface area contributed by atoms with Crippen molar-refractivity contribution in [3.05, 3.63) is 42.7 Å². The van der Waals surface area contributed by atoms with Crippen molar-refractivity contribution >= 4 is 17.0 Å². The Morgan fingerprint density at radius 1 is 1.18 bits per heavy atom. The first-order valence-corrected chi connectivity index (χ1v) is 7.28. The first-order valence-electron chi connectivity index (χ1n) is 7.28. The number of aliphatic hydroxyl groups excluding tert-OH is 1. The Balaban J connectivity index is 1.57. The van der Waals surface area contributed by atoms with E-state index < -0.39 is 6.10 Å². The van der Waals surface area contributed by atoms with Gasteiger partial charge in [0.25, 0.3) is 0 Å². The number of pyridine rings is 1. The average Bonchev–Trinajstić information content (AvgIpc) is 3.15. The van der Waals surface area contributed by atoms with Crippen LogP contribution in [-0.2, 0) is 6.42 Å². The zero-order valence-corrected chi connectivity index (χ0v) is 11.9. The van der Waals surface area contributed by atoms with Crippen molar-refractivity contribution in [2.24, 2.45) is 5.92 Å². The van der Waals surface area contributed by atoms with Crippen molar-refractivity contribution < 1.29 is 5.11 Å². The van der Waals surface area contributed by atoms with Crippen LogP contribution in [0.1, 0.15) is 5.69 Å². The van der Waals surface area contributed by atoms with Crippen LogP contribution in [0.4, 0.5) is 5.82 Å². The van der Waals surface area contributed by atoms with Crippen LogP contribution in [0.3, 0.4) is 0 Å². The Labute approximate surface area is 127 Å². The van der Waals surface area contributed by atoms with Gasteiger partial charge < -0.3 is 15.0 Å². The van der Waals surface area contributed by atoms with Crippen LogP contribution < -0.4 is 4.90 Å². The lowest BCUT2D eigenvalue weighted by Crippen LogP contribution is -2.22. The molecule has 1 fully saturated rings. The molecule has 2 atom stereocenters. The van der Waals surface area contributed by atoms with Crippen LogP contribution in [0.5, 0.6) is 0 Å². The second kappa shape index (κ2) is 5.34. The molecule has 0 bridgehead atoms. The predicted octanol–water partition coefficient (Wildman–Crippen LogP) is 0.788. The van der Waals surface area contributed by atoms with Crippen molar-refractivity contribution in [2.45, 2.75) is 12.5 Å². The molecule has 4 rings (SSSR count). The Kier molecular flexibility index (Phi) is 3.19. The zero-order valence-electron chi connectivity index (χ0n) is 11.9. The van der Waals surface area contributed by atoms with Gasteiger partial charge >= 0.3 is 0 Å². The third kappa shape index (κ3) is 2.29. The number of β-amino-alcohol motifs (C(OH)–C–C–N with tert-alkyl or cyclic N) is 1. The molecule has 4 heterocycles. The number of H-pyrrole nitrogens is 1. The van der Waals surface area contributed by atoms with E-state index in [-0.39, 0.29) is 5.92 Å². The smallest absolute Gasteiger partial charge is 0.182 e. The van der Waals surface area contributed by atoms with E-state index in [1.54, 1.807) is 12.5 Å². The summed E-state index contributed by atoms with van der Waals surface area (Å²) < 4.78 is 0. The van der Waals surface area contributed by atoms with E-state index >= 15 is 0 Å². The molecule has 0 aromatic carbocycles. The maximum absolute atomic E-state index is 10.4. The van der Waals surface area contributed by atoms with Crippen molar-refractivity contribution in [2.75, 3.05) is 18.0 Å². The highest BCUT2D eigenvalue weighted by Gasteiger charge is 2.33. The summed E-state index contributed by atoms with van der Waals surface area (Å²) in [5, 5.41) is 10.4. The molecule has 0 aliphatic carbocycles. The predicted molar refractivity (Wildman–Crippen MR) is 81.3 cm³/mol. The van der Waals surface area contributed by atoms with Crippen molar-refractivity contribution in [1.29, 1.82) is 0 Å². The fourth-order valence-corrected chi connectivity index (χ4v) is 3.01. The van der Waals surface area contributed by atoms with Gasteiger partial charge in [0.15, 0.2) is 11.5 Å². The minimum absolute atomic E-state index is 0.142. The van der Waals surface area contributed by atoms with Gasteiger partial charge in [-0.15, -0.1) is 0 Å². The van der Waals surface area contributed by atoms with E-state index in [2.05, 4.69) is 29.8 Å². The molecule has 1 saturated heterocycles. The van der Waals surface area contributed by atoms with Crippen molar-refractivity contribution in [3.8, 4) is 0 Å². The molecule has 3 aromatic heterocycles. The molecule has 7 nitrogen and oxygen atoms in total. The van der Waals surface area contributed by atoms with Crippen molar-refractivity contribution in [1.82, 2.24) is 24.9 Å². The molecule has 0 radical (unpaired) electrons. The molecule has 0 amide bonds. The molecule has 22 heavy (non-hydrogen) atoms. The molecule has 1 aliphatic rings. The molecule has 0 saturated carbocycles. The number of fused-ring (bicyclic) bond motifs is 1. The third-order valence-electron chi connectivity index (χ3n) is 4.11. The van der Waals surface area contributed by atoms with Crippen LogP contribution in [0.2, 0.25) is 0 Å². The molecule has 3 aromatic rings. The second-order valence-corrected chi connectivity index (χ2v) is 5.56. The summed E-state index contributed by atoms with van der Waals surface area (Å²) in [6.07, 6.45) is 5.27. The molecule has 112 valence electrons. The standard InChI is InChI=1S/C15H16N6O/c22-12-7-21(6-10(12)5-11-3-1-2-4-16-11)15-13-14(18-8-17-13)19-9-20-15/h1-4,8-10,12,22H,5-7H2,(H,17,18,19,20)/t10-,12-/m1/s1. The maximum atomic E-state index is 10.4. The van der Waals surface area contributed by atoms with Crippen LogP contribution >= 0.6 is 0 Å². The summed E-state index contributed by atoms with van der Waals surface area (Å²) in [6, 6.07) is 5.86. The third-order valence-corrected chi connectivity index (χ3v) is 4.11. The van der Waals surface area contributed by atoms with E-state index in [1.807, 2.05) is 18.2 Å². The molecular formula is C15H16N6O. The quantitative estimate of drug-likeness (QED) is 0.742. The SMILES string of the molecule is O[C@@H]1CN(c2ncnc3nc[nH]c23)C[C@H]1Cc1ccccn1. The largest absolute Gasteiger partial charge is 0.391 e. The van der Waals surface area contributed by atoms with Crippen LogP contribution in [0, 0.1) is 5.92 Å². The van der Waals surface area contributed by atoms with Gasteiger partial charge in [0.05, 0.1) is 12.4 Å². The Bertz CT molecular complexity index is 774. The molecule has 7 heteroatoms. The monoisotopic (exact) mass is 296 g/mol. The number of hydrogen-bond acceptors (Lipinski definition) is 6. The number of nitrogens with zero attached hydrogens (tertiary/aromatic N) is 5. The minimum Gasteiger partial charge on any atom is -0.391 e. The van der Waals surface area contributed by atoms with Crippen LogP contribution in [0.15, 0.2) is 37.1 Å². The van der Waals surface area contributed by atoms with Gasteiger partial charge in [-0.2, -0.15) is 0 Å². The lowest BCUT2D eigenvalue weighted by atomic mass is 10.00. The first kappa shape index (κ1) is 13.1. The highest BCUT2D eigenvalue weighted by atomic mass is 16.3. The number of anilines is 1. The van der Waals surface area contributed by atoms with Gasteiger partial charge in [-0.05, 0) is 18.6 Å². The number of imidazole rings is 1. The van der Waals surface area contributed by atoms with Crippen LogP contribution in [0.25, 0.3) is 11.2 Å². The number of nitrogens with one attached hydrogen (secondary N) is 1. The van der Waals surface area contributed by atoms with E-state index in [4.69, 9.17) is 0 Å². The average molecular weight is 296 g/mol. The molecule has 0 unspecified atom stereocenters. The number of rotatable bonds is 3. The Morgan fingerprint density at radius 3 is 3.00 bits per heavy atom.